The van der Waals surface area contributed by atoms with Crippen LogP contribution in [0.2, 0.25) is 1.43 Å². The van der Waals surface area contributed by atoms with Crippen LogP contribution in [0.3, 0.4) is 0 Å². The summed E-state index contributed by atoms with van der Waals surface area (Å²) in [6.07, 6.45) is 0.394. The average molecular weight is 342 g/mol. The molecule has 128 valence electrons. The predicted octanol–water partition coefficient (Wildman–Crippen LogP) is 1.84. The van der Waals surface area contributed by atoms with E-state index in [0.717, 1.165) is 10.7 Å². The molecule has 1 unspecified atom stereocenters. The average Bonchev–Trinajstić information content (AvgIpc) is 2.52. The van der Waals surface area contributed by atoms with E-state index in [9.17, 15) is 9.59 Å². The molecule has 0 heterocycles. The first-order chi connectivity index (χ1) is 11.2. The fraction of sp³-hybridized carbons (Fsp3) is 0.500. The summed E-state index contributed by atoms with van der Waals surface area (Å²) in [6.45, 7) is 5.38. The van der Waals surface area contributed by atoms with Gasteiger partial charge in [-0.15, -0.1) is 17.8 Å². The molecule has 1 aromatic carbocycles. The van der Waals surface area contributed by atoms with Gasteiger partial charge in [0, 0.05) is 0 Å². The molecule has 23 heavy (non-hydrogen) atoms. The minimum atomic E-state index is -0.667. The lowest BCUT2D eigenvalue weighted by Gasteiger charge is -2.23. The van der Waals surface area contributed by atoms with Gasteiger partial charge in [-0.05, 0) is 32.8 Å². The van der Waals surface area contributed by atoms with Crippen LogP contribution >= 0.6 is 12.6 Å². The number of hydrogen-bond donors (Lipinski definition) is 3. The van der Waals surface area contributed by atoms with Gasteiger partial charge in [0.25, 0.3) is 0 Å². The highest BCUT2D eigenvalue weighted by atomic mass is 32.1. The molecule has 1 atom stereocenters. The number of thiol groups is 1. The second-order valence-electron chi connectivity index (χ2n) is 6.20. The molecule has 0 aliphatic carbocycles. The number of hydrazine groups is 1. The number of hydrogen-bond acceptors (Lipinski definition) is 6. The van der Waals surface area contributed by atoms with E-state index in [1.54, 1.807) is 20.8 Å². The summed E-state index contributed by atoms with van der Waals surface area (Å²) in [5.74, 6) is -0.349. The SMILES string of the molecule is [3H]ON(CCOC(=O)C(C)(C)C)NC(Cc1ccccc1)C(=O)S. The summed E-state index contributed by atoms with van der Waals surface area (Å²) < 4.78 is 12.2. The highest BCUT2D eigenvalue weighted by molar-refractivity contribution is 7.96. The molecule has 0 radical (unpaired) electrons. The first-order valence-electron chi connectivity index (χ1n) is 7.76. The van der Waals surface area contributed by atoms with Crippen LogP contribution in [0.4, 0.5) is 0 Å². The summed E-state index contributed by atoms with van der Waals surface area (Å²) in [7, 11) is 0. The fourth-order valence-electron chi connectivity index (χ4n) is 1.71. The molecule has 7 heteroatoms. The molecule has 6 nitrogen and oxygen atoms in total. The molecule has 1 aromatic rings. The van der Waals surface area contributed by atoms with Gasteiger partial charge in [-0.25, -0.2) is 5.43 Å². The molecule has 0 aliphatic rings. The molecular formula is C16H24N2O4S. The normalized spacial score (nSPS) is 13.5. The van der Waals surface area contributed by atoms with Crippen molar-refractivity contribution in [2.45, 2.75) is 33.2 Å². The van der Waals surface area contributed by atoms with Crippen LogP contribution in [0.5, 0.6) is 0 Å². The lowest BCUT2D eigenvalue weighted by atomic mass is 9.97. The number of carbonyl (C=O) groups excluding carboxylic acids is 2. The van der Waals surface area contributed by atoms with Gasteiger partial charge >= 0.3 is 5.97 Å². The number of nitrogens with zero attached hydrogens (tertiary/aromatic N) is 1. The van der Waals surface area contributed by atoms with Crippen LogP contribution in [0.1, 0.15) is 26.3 Å². The second-order valence-corrected chi connectivity index (χ2v) is 6.64. The maximum absolute atomic E-state index is 11.7. The smallest absolute Gasteiger partial charge is 0.311 e. The number of esters is 1. The molecule has 0 aromatic heterocycles. The molecule has 0 bridgehead atoms. The van der Waals surface area contributed by atoms with Crippen LogP contribution < -0.4 is 5.43 Å². The number of carbonyl (C=O) groups is 2. The van der Waals surface area contributed by atoms with Crippen molar-refractivity contribution in [1.82, 2.24) is 10.6 Å². The van der Waals surface area contributed by atoms with E-state index in [4.69, 9.17) is 6.17 Å². The van der Waals surface area contributed by atoms with Crippen molar-refractivity contribution in [3.63, 3.8) is 0 Å². The largest absolute Gasteiger partial charge is 0.464 e. The van der Waals surface area contributed by atoms with Gasteiger partial charge in [0.05, 0.1) is 18.0 Å². The number of benzene rings is 1. The molecule has 0 saturated heterocycles. The summed E-state index contributed by atoms with van der Waals surface area (Å²) in [5.41, 5.74) is 3.12. The van der Waals surface area contributed by atoms with Crippen LogP contribution in [0.15, 0.2) is 30.3 Å². The van der Waals surface area contributed by atoms with E-state index >= 15 is 0 Å². The van der Waals surface area contributed by atoms with Crippen molar-refractivity contribution in [2.75, 3.05) is 13.2 Å². The van der Waals surface area contributed by atoms with Crippen molar-refractivity contribution >= 4 is 23.7 Å². The summed E-state index contributed by atoms with van der Waals surface area (Å²) in [4.78, 5) is 23.4. The van der Waals surface area contributed by atoms with Gasteiger partial charge in [0.1, 0.15) is 6.61 Å². The Morgan fingerprint density at radius 3 is 2.57 bits per heavy atom. The topological polar surface area (TPSA) is 78.9 Å². The third-order valence-corrected chi connectivity index (χ3v) is 3.33. The minimum absolute atomic E-state index is 0.0286. The first-order valence-corrected chi connectivity index (χ1v) is 7.79. The van der Waals surface area contributed by atoms with Crippen molar-refractivity contribution in [3.05, 3.63) is 35.9 Å². The number of rotatable bonds is 9. The summed E-state index contributed by atoms with van der Waals surface area (Å²) in [5, 5.41) is 5.09. The van der Waals surface area contributed by atoms with Gasteiger partial charge in [-0.1, -0.05) is 30.3 Å². The van der Waals surface area contributed by atoms with Crippen LogP contribution in [-0.2, 0) is 20.7 Å². The lowest BCUT2D eigenvalue weighted by Crippen LogP contribution is -2.48. The summed E-state index contributed by atoms with van der Waals surface area (Å²) >= 11 is 3.87. The lowest BCUT2D eigenvalue weighted by molar-refractivity contribution is -0.170. The Bertz CT molecular complexity index is 537. The third kappa shape index (κ3) is 7.60. The molecule has 0 saturated carbocycles. The van der Waals surface area contributed by atoms with E-state index in [1.165, 1.54) is 0 Å². The van der Waals surface area contributed by atoms with Crippen molar-refractivity contribution in [1.29, 1.82) is 0 Å². The molecule has 0 fully saturated rings. The minimum Gasteiger partial charge on any atom is -0.464 e. The Hall–Kier alpha value is -1.41. The van der Waals surface area contributed by atoms with Gasteiger partial charge in [-0.2, -0.15) is 0 Å². The highest BCUT2D eigenvalue weighted by Gasteiger charge is 2.23. The quantitative estimate of drug-likeness (QED) is 0.361. The van der Waals surface area contributed by atoms with Gasteiger partial charge in [0.15, 0.2) is 0 Å². The van der Waals surface area contributed by atoms with E-state index in [2.05, 4.69) is 23.3 Å². The monoisotopic (exact) mass is 342 g/mol. The predicted molar refractivity (Wildman–Crippen MR) is 90.0 cm³/mol. The van der Waals surface area contributed by atoms with Gasteiger partial charge in [-0.3, -0.25) is 14.8 Å². The van der Waals surface area contributed by atoms with E-state index in [-0.39, 0.29) is 24.2 Å². The van der Waals surface area contributed by atoms with Crippen molar-refractivity contribution in [3.8, 4) is 0 Å². The highest BCUT2D eigenvalue weighted by Crippen LogP contribution is 2.14. The summed E-state index contributed by atoms with van der Waals surface area (Å²) in [6, 6.07) is 8.75. The molecule has 1 rings (SSSR count). The third-order valence-electron chi connectivity index (χ3n) is 3.02. The van der Waals surface area contributed by atoms with Crippen LogP contribution in [0, 0.1) is 5.41 Å². The van der Waals surface area contributed by atoms with E-state index in [0.29, 0.717) is 6.42 Å². The zero-order valence-electron chi connectivity index (χ0n) is 14.6. The Morgan fingerprint density at radius 1 is 1.39 bits per heavy atom. The molecule has 0 amide bonds. The Labute approximate surface area is 143 Å². The van der Waals surface area contributed by atoms with E-state index < -0.39 is 11.5 Å². The maximum Gasteiger partial charge on any atom is 0.311 e. The van der Waals surface area contributed by atoms with Crippen molar-refractivity contribution in [2.24, 2.45) is 5.41 Å². The number of ether oxygens (including phenoxy) is 1. The zero-order chi connectivity index (χ0) is 18.2. The van der Waals surface area contributed by atoms with Crippen LogP contribution in [0.25, 0.3) is 0 Å². The maximum atomic E-state index is 11.7. The number of hydroxylamine groups is 1. The molecular weight excluding hydrogens is 316 g/mol. The standard InChI is InChI=1S/C16H24N2O4S/c1-16(2,3)15(20)22-10-9-18(21)17-13(14(19)23)11-12-7-5-4-6-8-12/h4-8,13,17,21H,9-11H2,1-3H3,(H,19,23)/i21T. The van der Waals surface area contributed by atoms with Gasteiger partial charge in [0.2, 0.25) is 6.55 Å². The Balaban J connectivity index is 2.54. The Kier molecular flexibility index (Phi) is 7.04. The van der Waals surface area contributed by atoms with Crippen molar-refractivity contribution < 1.29 is 21.0 Å². The first kappa shape index (κ1) is 17.9. The molecule has 0 aliphatic heterocycles. The number of nitrogens with one attached hydrogen (secondary N) is 1. The molecule has 2 N–H and O–H groups in total. The zero-order valence-corrected chi connectivity index (χ0v) is 14.5. The fourth-order valence-corrected chi connectivity index (χ4v) is 1.86. The Morgan fingerprint density at radius 2 is 2.04 bits per heavy atom. The van der Waals surface area contributed by atoms with Crippen LogP contribution in [-0.4, -0.2) is 40.7 Å². The second kappa shape index (κ2) is 9.02. The molecule has 0 spiro atoms. The van der Waals surface area contributed by atoms with Gasteiger partial charge < -0.3 is 4.74 Å². The van der Waals surface area contributed by atoms with E-state index in [1.807, 2.05) is 30.3 Å².